The lowest BCUT2D eigenvalue weighted by Gasteiger charge is -2.08. The van der Waals surface area contributed by atoms with Crippen molar-refractivity contribution in [3.8, 4) is 22.6 Å². The normalized spacial score (nSPS) is 11.4. The van der Waals surface area contributed by atoms with Crippen LogP contribution in [0.15, 0.2) is 57.8 Å². The Bertz CT molecular complexity index is 1130. The van der Waals surface area contributed by atoms with E-state index in [0.717, 1.165) is 0 Å². The minimum Gasteiger partial charge on any atom is -0.438 e. The molecular weight excluding hydrogens is 408 g/mol. The highest BCUT2D eigenvalue weighted by atomic mass is 35.5. The third-order valence-electron chi connectivity index (χ3n) is 3.77. The van der Waals surface area contributed by atoms with E-state index in [9.17, 15) is 18.4 Å². The van der Waals surface area contributed by atoms with Crippen LogP contribution >= 0.6 is 11.6 Å². The van der Waals surface area contributed by atoms with E-state index in [1.165, 1.54) is 18.2 Å². The molecule has 0 saturated carbocycles. The number of halogens is 1. The zero-order chi connectivity index (χ0) is 20.5. The van der Waals surface area contributed by atoms with Crippen LogP contribution in [0.25, 0.3) is 22.6 Å². The number of nitrogens with zero attached hydrogens (tertiary/aromatic N) is 2. The molecule has 0 aliphatic carbocycles. The summed E-state index contributed by atoms with van der Waals surface area (Å²) >= 11 is 5.92. The molecule has 2 amide bonds. The molecular formula is C17H15ClN4O5S. The van der Waals surface area contributed by atoms with Gasteiger partial charge in [-0.15, -0.1) is 0 Å². The standard InChI is InChI=1S/C17H15ClN4O5S/c18-11-7-5-10(6-8-11)16-15(21-14(27-16)9-22(24)17(19)23)12-3-1-2-4-13(12)28(20,25)26/h1-8,24H,9H2,(H2,19,23)(H2,20,25,26). The van der Waals surface area contributed by atoms with Crippen LogP contribution in [0.4, 0.5) is 4.79 Å². The highest BCUT2D eigenvalue weighted by Gasteiger charge is 2.24. The number of urea groups is 1. The molecule has 3 rings (SSSR count). The Morgan fingerprint density at radius 3 is 2.43 bits per heavy atom. The zero-order valence-electron chi connectivity index (χ0n) is 14.2. The van der Waals surface area contributed by atoms with E-state index in [2.05, 4.69) is 4.98 Å². The van der Waals surface area contributed by atoms with Crippen LogP contribution < -0.4 is 10.9 Å². The summed E-state index contributed by atoms with van der Waals surface area (Å²) < 4.78 is 29.7. The molecule has 28 heavy (non-hydrogen) atoms. The van der Waals surface area contributed by atoms with Gasteiger partial charge in [-0.3, -0.25) is 5.21 Å². The second kappa shape index (κ2) is 7.60. The topological polar surface area (TPSA) is 153 Å². The van der Waals surface area contributed by atoms with Gasteiger partial charge in [0.05, 0.1) is 4.90 Å². The van der Waals surface area contributed by atoms with Gasteiger partial charge in [0.2, 0.25) is 15.9 Å². The molecule has 0 bridgehead atoms. The van der Waals surface area contributed by atoms with Crippen LogP contribution in [0.5, 0.6) is 0 Å². The Morgan fingerprint density at radius 2 is 1.82 bits per heavy atom. The summed E-state index contributed by atoms with van der Waals surface area (Å²) in [5.74, 6) is 0.145. The lowest BCUT2D eigenvalue weighted by Crippen LogP contribution is -2.32. The number of primary sulfonamides is 1. The molecule has 0 spiro atoms. The van der Waals surface area contributed by atoms with Crippen molar-refractivity contribution in [2.45, 2.75) is 11.4 Å². The van der Waals surface area contributed by atoms with Crippen LogP contribution in [-0.4, -0.2) is 29.7 Å². The molecule has 11 heteroatoms. The predicted octanol–water partition coefficient (Wildman–Crippen LogP) is 2.58. The number of benzene rings is 2. The monoisotopic (exact) mass is 422 g/mol. The van der Waals surface area contributed by atoms with E-state index in [1.54, 1.807) is 30.3 Å². The van der Waals surface area contributed by atoms with Crippen LogP contribution in [0.3, 0.4) is 0 Å². The van der Waals surface area contributed by atoms with Crippen LogP contribution in [-0.2, 0) is 16.6 Å². The molecule has 0 aliphatic rings. The summed E-state index contributed by atoms with van der Waals surface area (Å²) in [4.78, 5) is 15.2. The molecule has 0 aliphatic heterocycles. The average molecular weight is 423 g/mol. The van der Waals surface area contributed by atoms with Gasteiger partial charge >= 0.3 is 6.03 Å². The van der Waals surface area contributed by atoms with Gasteiger partial charge in [-0.2, -0.15) is 5.06 Å². The van der Waals surface area contributed by atoms with Crippen molar-refractivity contribution in [3.63, 3.8) is 0 Å². The molecule has 0 unspecified atom stereocenters. The molecule has 0 fully saturated rings. The van der Waals surface area contributed by atoms with Crippen LogP contribution in [0.1, 0.15) is 5.89 Å². The summed E-state index contributed by atoms with van der Waals surface area (Å²) in [6.07, 6.45) is 0. The molecule has 3 aromatic rings. The first-order valence-corrected chi connectivity index (χ1v) is 9.73. The Morgan fingerprint density at radius 1 is 1.18 bits per heavy atom. The van der Waals surface area contributed by atoms with Crippen LogP contribution in [0, 0.1) is 0 Å². The second-order valence-electron chi connectivity index (χ2n) is 5.73. The van der Waals surface area contributed by atoms with Crippen molar-refractivity contribution in [3.05, 3.63) is 59.4 Å². The van der Waals surface area contributed by atoms with Gasteiger partial charge in [-0.05, 0) is 30.3 Å². The number of hydrogen-bond acceptors (Lipinski definition) is 6. The van der Waals surface area contributed by atoms with Gasteiger partial charge < -0.3 is 10.2 Å². The van der Waals surface area contributed by atoms with E-state index in [1.807, 2.05) is 0 Å². The fraction of sp³-hybridized carbons (Fsp3) is 0.0588. The van der Waals surface area contributed by atoms with Crippen molar-refractivity contribution in [2.24, 2.45) is 10.9 Å². The number of carbonyl (C=O) groups excluding carboxylic acids is 1. The minimum absolute atomic E-state index is 0.0644. The third-order valence-corrected chi connectivity index (χ3v) is 4.99. The maximum absolute atomic E-state index is 12.0. The fourth-order valence-corrected chi connectivity index (χ4v) is 3.39. The number of rotatable bonds is 5. The van der Waals surface area contributed by atoms with Gasteiger partial charge in [-0.1, -0.05) is 29.8 Å². The van der Waals surface area contributed by atoms with Gasteiger partial charge in [-0.25, -0.2) is 23.3 Å². The molecule has 1 aromatic heterocycles. The first-order chi connectivity index (χ1) is 13.2. The second-order valence-corrected chi connectivity index (χ2v) is 7.70. The molecule has 1 heterocycles. The quantitative estimate of drug-likeness (QED) is 0.424. The first-order valence-electron chi connectivity index (χ1n) is 7.80. The smallest absolute Gasteiger partial charge is 0.339 e. The molecule has 5 N–H and O–H groups in total. The lowest BCUT2D eigenvalue weighted by atomic mass is 10.1. The number of aromatic nitrogens is 1. The zero-order valence-corrected chi connectivity index (χ0v) is 15.8. The van der Waals surface area contributed by atoms with Crippen molar-refractivity contribution in [1.82, 2.24) is 10.0 Å². The number of amides is 2. The Kier molecular flexibility index (Phi) is 5.38. The van der Waals surface area contributed by atoms with E-state index in [4.69, 9.17) is 26.9 Å². The summed E-state index contributed by atoms with van der Waals surface area (Å²) in [6.45, 7) is -0.437. The van der Waals surface area contributed by atoms with E-state index in [0.29, 0.717) is 10.6 Å². The van der Waals surface area contributed by atoms with Gasteiger partial charge in [0, 0.05) is 16.1 Å². The third kappa shape index (κ3) is 4.15. The van der Waals surface area contributed by atoms with Gasteiger partial charge in [0.1, 0.15) is 12.2 Å². The van der Waals surface area contributed by atoms with Crippen molar-refractivity contribution >= 4 is 27.7 Å². The number of primary amides is 1. The van der Waals surface area contributed by atoms with Crippen molar-refractivity contribution in [1.29, 1.82) is 0 Å². The molecule has 0 radical (unpaired) electrons. The summed E-state index contributed by atoms with van der Waals surface area (Å²) in [7, 11) is -4.05. The molecule has 0 atom stereocenters. The lowest BCUT2D eigenvalue weighted by molar-refractivity contribution is -0.0523. The fourth-order valence-electron chi connectivity index (χ4n) is 2.53. The van der Waals surface area contributed by atoms with E-state index < -0.39 is 22.6 Å². The molecule has 0 saturated heterocycles. The highest BCUT2D eigenvalue weighted by molar-refractivity contribution is 7.89. The Hall–Kier alpha value is -2.92. The predicted molar refractivity (Wildman–Crippen MR) is 101 cm³/mol. The SMILES string of the molecule is NC(=O)N(O)Cc1nc(-c2ccccc2S(N)(=O)=O)c(-c2ccc(Cl)cc2)o1. The Balaban J connectivity index is 2.21. The minimum atomic E-state index is -4.05. The molecule has 146 valence electrons. The van der Waals surface area contributed by atoms with Crippen LogP contribution in [0.2, 0.25) is 5.02 Å². The summed E-state index contributed by atoms with van der Waals surface area (Å²) in [6, 6.07) is 11.4. The highest BCUT2D eigenvalue weighted by Crippen LogP contribution is 2.36. The average Bonchev–Trinajstić information content (AvgIpc) is 3.05. The van der Waals surface area contributed by atoms with Crippen molar-refractivity contribution < 1.29 is 22.8 Å². The number of sulfonamides is 1. The molecule has 9 nitrogen and oxygen atoms in total. The van der Waals surface area contributed by atoms with E-state index >= 15 is 0 Å². The largest absolute Gasteiger partial charge is 0.438 e. The first kappa shape index (κ1) is 19.8. The number of hydrogen-bond donors (Lipinski definition) is 3. The number of carbonyl (C=O) groups is 1. The maximum Gasteiger partial charge on any atom is 0.339 e. The number of nitrogens with two attached hydrogens (primary N) is 2. The van der Waals surface area contributed by atoms with E-state index in [-0.39, 0.29) is 32.9 Å². The summed E-state index contributed by atoms with van der Waals surface area (Å²) in [5, 5.41) is 15.6. The number of hydroxylamine groups is 2. The Labute approximate surface area is 165 Å². The summed E-state index contributed by atoms with van der Waals surface area (Å²) in [5.41, 5.74) is 5.92. The molecule has 2 aromatic carbocycles. The van der Waals surface area contributed by atoms with Crippen molar-refractivity contribution in [2.75, 3.05) is 0 Å². The maximum atomic E-state index is 12.0. The number of oxazole rings is 1. The van der Waals surface area contributed by atoms with Gasteiger partial charge in [0.25, 0.3) is 0 Å². The van der Waals surface area contributed by atoms with Gasteiger partial charge in [0.15, 0.2) is 5.76 Å².